The average Bonchev–Trinajstić information content (AvgIpc) is 2.67. The topological polar surface area (TPSA) is 64.6 Å². The second-order valence-electron chi connectivity index (χ2n) is 7.57. The van der Waals surface area contributed by atoms with Gasteiger partial charge >= 0.3 is 0 Å². The summed E-state index contributed by atoms with van der Waals surface area (Å²) < 4.78 is 0. The van der Waals surface area contributed by atoms with Crippen molar-refractivity contribution in [3.05, 3.63) is 47.3 Å². The number of carbonyl (C=O) groups is 1. The van der Waals surface area contributed by atoms with Gasteiger partial charge in [0, 0.05) is 50.6 Å². The van der Waals surface area contributed by atoms with Crippen molar-refractivity contribution < 1.29 is 4.79 Å². The van der Waals surface area contributed by atoms with Crippen molar-refractivity contribution in [2.24, 2.45) is 0 Å². The highest BCUT2D eigenvalue weighted by Crippen LogP contribution is 2.18. The summed E-state index contributed by atoms with van der Waals surface area (Å²) in [5, 5.41) is 3.21. The van der Waals surface area contributed by atoms with Gasteiger partial charge in [0.1, 0.15) is 5.69 Å². The molecule has 2 aromatic rings. The van der Waals surface area contributed by atoms with Crippen LogP contribution in [0.1, 0.15) is 21.7 Å². The molecule has 2 heterocycles. The van der Waals surface area contributed by atoms with E-state index in [9.17, 15) is 4.79 Å². The number of aromatic nitrogens is 2. The number of likely N-dealkylation sites (N-methyl/N-ethyl adjacent to an activating group) is 1. The Balaban J connectivity index is 1.62. The van der Waals surface area contributed by atoms with Crippen LogP contribution in [0.15, 0.2) is 30.3 Å². The molecule has 1 aliphatic rings. The van der Waals surface area contributed by atoms with E-state index in [0.717, 1.165) is 31.9 Å². The van der Waals surface area contributed by atoms with Crippen molar-refractivity contribution in [2.45, 2.75) is 13.8 Å². The van der Waals surface area contributed by atoms with Gasteiger partial charge in [-0.15, -0.1) is 0 Å². The Morgan fingerprint density at radius 2 is 1.86 bits per heavy atom. The highest BCUT2D eigenvalue weighted by molar-refractivity contribution is 5.92. The van der Waals surface area contributed by atoms with E-state index in [0.29, 0.717) is 24.7 Å². The summed E-state index contributed by atoms with van der Waals surface area (Å²) in [5.41, 5.74) is 3.73. The summed E-state index contributed by atoms with van der Waals surface area (Å²) in [6.45, 7) is 8.65. The van der Waals surface area contributed by atoms with E-state index >= 15 is 0 Å². The average molecular weight is 383 g/mol. The minimum atomic E-state index is -0.0231. The predicted molar refractivity (Wildman–Crippen MR) is 113 cm³/mol. The van der Waals surface area contributed by atoms with Gasteiger partial charge in [-0.05, 0) is 51.7 Å². The normalized spacial score (nSPS) is 14.5. The molecule has 150 valence electrons. The Morgan fingerprint density at radius 1 is 1.11 bits per heavy atom. The van der Waals surface area contributed by atoms with Crippen LogP contribution in [-0.4, -0.2) is 79.0 Å². The molecule has 1 aliphatic heterocycles. The Labute approximate surface area is 167 Å². The fourth-order valence-corrected chi connectivity index (χ4v) is 3.30. The molecule has 1 aromatic heterocycles. The van der Waals surface area contributed by atoms with E-state index in [-0.39, 0.29) is 5.91 Å². The first-order valence-electron chi connectivity index (χ1n) is 9.77. The fraction of sp³-hybridized carbons (Fsp3) is 0.476. The van der Waals surface area contributed by atoms with Crippen LogP contribution < -0.4 is 10.2 Å². The van der Waals surface area contributed by atoms with Crippen molar-refractivity contribution in [2.75, 3.05) is 63.6 Å². The van der Waals surface area contributed by atoms with E-state index < -0.39 is 0 Å². The lowest BCUT2D eigenvalue weighted by molar-refractivity contribution is 0.0740. The monoisotopic (exact) mass is 382 g/mol. The van der Waals surface area contributed by atoms with Crippen molar-refractivity contribution >= 4 is 17.5 Å². The largest absolute Gasteiger partial charge is 0.368 e. The summed E-state index contributed by atoms with van der Waals surface area (Å²) in [7, 11) is 4.04. The van der Waals surface area contributed by atoms with Gasteiger partial charge in [-0.1, -0.05) is 12.1 Å². The van der Waals surface area contributed by atoms with Gasteiger partial charge in [0.15, 0.2) is 0 Å². The number of carbonyl (C=O) groups excluding carboxylic acids is 1. The standard InChI is InChI=1S/C21H30N6O/c1-16-6-5-7-18(14-16)26-10-12-27(13-11-26)20(28)19-15-17(2)23-21(24-19)22-8-9-25(3)4/h5-7,14-15H,8-13H2,1-4H3,(H,22,23,24). The van der Waals surface area contributed by atoms with Gasteiger partial charge in [-0.25, -0.2) is 9.97 Å². The summed E-state index contributed by atoms with van der Waals surface area (Å²) in [6, 6.07) is 10.3. The second-order valence-corrected chi connectivity index (χ2v) is 7.57. The van der Waals surface area contributed by atoms with Crippen molar-refractivity contribution in [1.29, 1.82) is 0 Å². The summed E-state index contributed by atoms with van der Waals surface area (Å²) in [4.78, 5) is 28.1. The summed E-state index contributed by atoms with van der Waals surface area (Å²) in [5.74, 6) is 0.494. The van der Waals surface area contributed by atoms with Crippen LogP contribution in [0.25, 0.3) is 0 Å². The Hall–Kier alpha value is -2.67. The number of piperazine rings is 1. The third-order valence-corrected chi connectivity index (χ3v) is 4.85. The lowest BCUT2D eigenvalue weighted by Crippen LogP contribution is -2.49. The van der Waals surface area contributed by atoms with E-state index in [4.69, 9.17) is 0 Å². The van der Waals surface area contributed by atoms with Gasteiger partial charge in [0.25, 0.3) is 5.91 Å². The predicted octanol–water partition coefficient (Wildman–Crippen LogP) is 2.03. The molecule has 0 aliphatic carbocycles. The van der Waals surface area contributed by atoms with Crippen LogP contribution in [0, 0.1) is 13.8 Å². The number of nitrogens with one attached hydrogen (secondary N) is 1. The van der Waals surface area contributed by atoms with Gasteiger partial charge in [-0.3, -0.25) is 4.79 Å². The molecule has 1 saturated heterocycles. The van der Waals surface area contributed by atoms with Crippen molar-refractivity contribution in [3.63, 3.8) is 0 Å². The zero-order valence-corrected chi connectivity index (χ0v) is 17.3. The Morgan fingerprint density at radius 3 is 2.54 bits per heavy atom. The van der Waals surface area contributed by atoms with Crippen molar-refractivity contribution in [1.82, 2.24) is 19.8 Å². The molecule has 0 spiro atoms. The molecule has 1 amide bonds. The van der Waals surface area contributed by atoms with Crippen molar-refractivity contribution in [3.8, 4) is 0 Å². The number of nitrogens with zero attached hydrogens (tertiary/aromatic N) is 5. The van der Waals surface area contributed by atoms with Crippen LogP contribution >= 0.6 is 0 Å². The molecule has 7 nitrogen and oxygen atoms in total. The van der Waals surface area contributed by atoms with E-state index in [1.807, 2.05) is 25.9 Å². The molecular formula is C21H30N6O. The molecule has 1 N–H and O–H groups in total. The molecular weight excluding hydrogens is 352 g/mol. The quantitative estimate of drug-likeness (QED) is 0.825. The molecule has 0 atom stereocenters. The molecule has 0 bridgehead atoms. The van der Waals surface area contributed by atoms with Crippen LogP contribution in [-0.2, 0) is 0 Å². The molecule has 3 rings (SSSR count). The van der Waals surface area contributed by atoms with E-state index in [2.05, 4.69) is 56.3 Å². The number of hydrogen-bond acceptors (Lipinski definition) is 6. The third kappa shape index (κ3) is 5.19. The first kappa shape index (κ1) is 20.1. The second kappa shape index (κ2) is 9.01. The van der Waals surface area contributed by atoms with Gasteiger partial charge in [0.05, 0.1) is 0 Å². The molecule has 1 fully saturated rings. The lowest BCUT2D eigenvalue weighted by Gasteiger charge is -2.36. The summed E-state index contributed by atoms with van der Waals surface area (Å²) >= 11 is 0. The SMILES string of the molecule is Cc1cccc(N2CCN(C(=O)c3cc(C)nc(NCCN(C)C)n3)CC2)c1. The maximum Gasteiger partial charge on any atom is 0.272 e. The molecule has 0 saturated carbocycles. The van der Waals surface area contributed by atoms with Crippen LogP contribution in [0.2, 0.25) is 0 Å². The Kier molecular flexibility index (Phi) is 6.46. The number of anilines is 2. The maximum atomic E-state index is 13.0. The molecule has 0 unspecified atom stereocenters. The van der Waals surface area contributed by atoms with Gasteiger partial charge in [0.2, 0.25) is 5.95 Å². The zero-order chi connectivity index (χ0) is 20.1. The third-order valence-electron chi connectivity index (χ3n) is 4.85. The Bertz CT molecular complexity index is 814. The van der Waals surface area contributed by atoms with Gasteiger partial charge in [-0.2, -0.15) is 0 Å². The number of amides is 1. The zero-order valence-electron chi connectivity index (χ0n) is 17.3. The minimum absolute atomic E-state index is 0.0231. The smallest absolute Gasteiger partial charge is 0.272 e. The number of rotatable bonds is 6. The lowest BCUT2D eigenvalue weighted by atomic mass is 10.2. The van der Waals surface area contributed by atoms with Crippen LogP contribution in [0.3, 0.4) is 0 Å². The highest BCUT2D eigenvalue weighted by atomic mass is 16.2. The van der Waals surface area contributed by atoms with Crippen LogP contribution in [0.5, 0.6) is 0 Å². The highest BCUT2D eigenvalue weighted by Gasteiger charge is 2.24. The first-order chi connectivity index (χ1) is 13.4. The summed E-state index contributed by atoms with van der Waals surface area (Å²) in [6.07, 6.45) is 0. The molecule has 1 aromatic carbocycles. The fourth-order valence-electron chi connectivity index (χ4n) is 3.30. The van der Waals surface area contributed by atoms with E-state index in [1.165, 1.54) is 11.3 Å². The molecule has 28 heavy (non-hydrogen) atoms. The maximum absolute atomic E-state index is 13.0. The number of aryl methyl sites for hydroxylation is 2. The molecule has 0 radical (unpaired) electrons. The minimum Gasteiger partial charge on any atom is -0.368 e. The van der Waals surface area contributed by atoms with Gasteiger partial charge < -0.3 is 20.0 Å². The van der Waals surface area contributed by atoms with Crippen LogP contribution in [0.4, 0.5) is 11.6 Å². The molecule has 7 heteroatoms. The van der Waals surface area contributed by atoms with E-state index in [1.54, 1.807) is 6.07 Å². The number of hydrogen-bond donors (Lipinski definition) is 1. The number of benzene rings is 1. The first-order valence-corrected chi connectivity index (χ1v) is 9.77.